The summed E-state index contributed by atoms with van der Waals surface area (Å²) in [6, 6.07) is 13.2. The van der Waals surface area contributed by atoms with E-state index in [1.165, 1.54) is 0 Å². The molecule has 0 fully saturated rings. The van der Waals surface area contributed by atoms with Gasteiger partial charge in [-0.3, -0.25) is 4.79 Å². The van der Waals surface area contributed by atoms with Crippen molar-refractivity contribution in [2.75, 3.05) is 6.61 Å². The number of benzene rings is 2. The summed E-state index contributed by atoms with van der Waals surface area (Å²) in [5.41, 5.74) is 0.365. The highest BCUT2D eigenvalue weighted by Crippen LogP contribution is 2.21. The van der Waals surface area contributed by atoms with Gasteiger partial charge in [0.1, 0.15) is 17.2 Å². The number of allylic oxidation sites excluding steroid dienone is 2. The fourth-order valence-corrected chi connectivity index (χ4v) is 2.54. The molecule has 0 aromatic heterocycles. The zero-order valence-electron chi connectivity index (χ0n) is 15.7. The highest BCUT2D eigenvalue weighted by atomic mass is 16.5. The van der Waals surface area contributed by atoms with Crippen LogP contribution in [0.15, 0.2) is 72.8 Å². The summed E-state index contributed by atoms with van der Waals surface area (Å²) in [4.78, 5) is 24.2. The predicted octanol–water partition coefficient (Wildman–Crippen LogP) is 4.73. The Morgan fingerprint density at radius 1 is 0.821 bits per heavy atom. The van der Waals surface area contributed by atoms with Gasteiger partial charge < -0.3 is 14.2 Å². The topological polar surface area (TPSA) is 61.8 Å². The van der Waals surface area contributed by atoms with Crippen molar-refractivity contribution in [1.29, 1.82) is 0 Å². The van der Waals surface area contributed by atoms with Crippen LogP contribution in [0.2, 0.25) is 0 Å². The minimum absolute atomic E-state index is 0.360. The van der Waals surface area contributed by atoms with Crippen molar-refractivity contribution in [3.63, 3.8) is 0 Å². The Morgan fingerprint density at radius 3 is 2.04 bits per heavy atom. The van der Waals surface area contributed by atoms with Gasteiger partial charge in [0.05, 0.1) is 18.1 Å². The Bertz CT molecular complexity index is 851. The summed E-state index contributed by atoms with van der Waals surface area (Å²) < 4.78 is 16.2. The summed E-state index contributed by atoms with van der Waals surface area (Å²) in [5, 5.41) is 0. The van der Waals surface area contributed by atoms with Crippen LogP contribution >= 0.6 is 0 Å². The molecule has 0 radical (unpaired) electrons. The number of carbonyl (C=O) groups excluding carboxylic acids is 2. The van der Waals surface area contributed by atoms with Gasteiger partial charge in [0, 0.05) is 0 Å². The zero-order valence-corrected chi connectivity index (χ0v) is 15.7. The summed E-state index contributed by atoms with van der Waals surface area (Å²) in [5.74, 6) is 0.345. The molecule has 0 amide bonds. The molecule has 3 rings (SSSR count). The Morgan fingerprint density at radius 2 is 1.39 bits per heavy atom. The summed E-state index contributed by atoms with van der Waals surface area (Å²) in [6.07, 6.45) is 9.19. The molecule has 0 saturated carbocycles. The highest BCUT2D eigenvalue weighted by molar-refractivity contribution is 5.91. The molecule has 5 heteroatoms. The van der Waals surface area contributed by atoms with Crippen LogP contribution < -0.4 is 14.2 Å². The number of carbonyl (C=O) groups is 2. The van der Waals surface area contributed by atoms with Crippen LogP contribution in [-0.4, -0.2) is 18.5 Å². The molecule has 0 saturated heterocycles. The van der Waals surface area contributed by atoms with Crippen LogP contribution in [0, 0.1) is 5.92 Å². The monoisotopic (exact) mass is 378 g/mol. The highest BCUT2D eigenvalue weighted by Gasteiger charge is 2.17. The lowest BCUT2D eigenvalue weighted by atomic mass is 10.2. The number of hydrogen-bond donors (Lipinski definition) is 0. The van der Waals surface area contributed by atoms with Gasteiger partial charge in [0.2, 0.25) is 0 Å². The molecule has 28 heavy (non-hydrogen) atoms. The van der Waals surface area contributed by atoms with Gasteiger partial charge >= 0.3 is 11.9 Å². The average molecular weight is 378 g/mol. The van der Waals surface area contributed by atoms with Crippen LogP contribution in [0.1, 0.15) is 30.1 Å². The molecule has 0 spiro atoms. The number of rotatable bonds is 8. The smallest absolute Gasteiger partial charge is 0.343 e. The van der Waals surface area contributed by atoms with Crippen molar-refractivity contribution < 1.29 is 23.8 Å². The Labute approximate surface area is 164 Å². The second-order valence-electron chi connectivity index (χ2n) is 6.30. The first-order chi connectivity index (χ1) is 13.7. The predicted molar refractivity (Wildman–Crippen MR) is 106 cm³/mol. The van der Waals surface area contributed by atoms with E-state index < -0.39 is 5.97 Å². The van der Waals surface area contributed by atoms with E-state index in [0.29, 0.717) is 23.7 Å². The first-order valence-corrected chi connectivity index (χ1v) is 9.27. The van der Waals surface area contributed by atoms with Crippen molar-refractivity contribution in [3.05, 3.63) is 78.4 Å². The minimum Gasteiger partial charge on any atom is -0.494 e. The number of unbranched alkanes of at least 4 members (excludes halogenated alkanes) is 1. The standard InChI is InChI=1S/C23H22O5/c1-2-3-16-26-19-12-14-21(15-13-19)28-23(25)18-8-10-20(11-9-18)27-22(24)17-6-4-5-7-17/h4-15,17H,2-3,16H2,1H3. The summed E-state index contributed by atoms with van der Waals surface area (Å²) in [7, 11) is 0. The second kappa shape index (κ2) is 9.55. The number of ether oxygens (including phenoxy) is 3. The average Bonchev–Trinajstić information content (AvgIpc) is 3.25. The maximum Gasteiger partial charge on any atom is 0.343 e. The van der Waals surface area contributed by atoms with E-state index in [1.54, 1.807) is 72.8 Å². The van der Waals surface area contributed by atoms with Crippen LogP contribution in [0.4, 0.5) is 0 Å². The first-order valence-electron chi connectivity index (χ1n) is 9.27. The van der Waals surface area contributed by atoms with Crippen LogP contribution in [0.5, 0.6) is 17.2 Å². The molecule has 0 N–H and O–H groups in total. The summed E-state index contributed by atoms with van der Waals surface area (Å²) >= 11 is 0. The van der Waals surface area contributed by atoms with E-state index >= 15 is 0 Å². The molecule has 5 nitrogen and oxygen atoms in total. The Hall–Kier alpha value is -3.34. The lowest BCUT2D eigenvalue weighted by Gasteiger charge is -2.09. The van der Waals surface area contributed by atoms with Crippen molar-refractivity contribution in [2.45, 2.75) is 19.8 Å². The molecule has 0 aliphatic heterocycles. The van der Waals surface area contributed by atoms with Gasteiger partial charge in [-0.1, -0.05) is 37.6 Å². The van der Waals surface area contributed by atoms with Crippen LogP contribution in [-0.2, 0) is 4.79 Å². The van der Waals surface area contributed by atoms with Crippen molar-refractivity contribution in [3.8, 4) is 17.2 Å². The van der Waals surface area contributed by atoms with E-state index in [-0.39, 0.29) is 11.9 Å². The quantitative estimate of drug-likeness (QED) is 0.377. The normalized spacial score (nSPS) is 12.8. The van der Waals surface area contributed by atoms with Gasteiger partial charge in [-0.2, -0.15) is 0 Å². The molecule has 1 aliphatic carbocycles. The third-order valence-electron chi connectivity index (χ3n) is 4.13. The fraction of sp³-hybridized carbons (Fsp3) is 0.217. The third-order valence-corrected chi connectivity index (χ3v) is 4.13. The van der Waals surface area contributed by atoms with E-state index in [9.17, 15) is 9.59 Å². The molecule has 144 valence electrons. The molecule has 0 unspecified atom stereocenters. The van der Waals surface area contributed by atoms with E-state index in [1.807, 2.05) is 0 Å². The van der Waals surface area contributed by atoms with Gasteiger partial charge in [0.15, 0.2) is 0 Å². The molecule has 2 aromatic carbocycles. The third kappa shape index (κ3) is 5.33. The molecule has 0 atom stereocenters. The van der Waals surface area contributed by atoms with Gasteiger partial charge in [0.25, 0.3) is 0 Å². The van der Waals surface area contributed by atoms with E-state index in [2.05, 4.69) is 6.92 Å². The molecule has 1 aliphatic rings. The molecular weight excluding hydrogens is 356 g/mol. The van der Waals surface area contributed by atoms with Gasteiger partial charge in [-0.15, -0.1) is 0 Å². The van der Waals surface area contributed by atoms with E-state index in [0.717, 1.165) is 18.6 Å². The van der Waals surface area contributed by atoms with Crippen molar-refractivity contribution in [2.24, 2.45) is 5.92 Å². The van der Waals surface area contributed by atoms with Gasteiger partial charge in [-0.25, -0.2) is 4.79 Å². The van der Waals surface area contributed by atoms with Crippen LogP contribution in [0.3, 0.4) is 0 Å². The number of hydrogen-bond acceptors (Lipinski definition) is 5. The van der Waals surface area contributed by atoms with E-state index in [4.69, 9.17) is 14.2 Å². The molecule has 0 heterocycles. The SMILES string of the molecule is CCCCOc1ccc(OC(=O)c2ccc(OC(=O)C3C=CC=C3)cc2)cc1. The second-order valence-corrected chi connectivity index (χ2v) is 6.30. The minimum atomic E-state index is -0.487. The molecular formula is C23H22O5. The Balaban J connectivity index is 1.53. The Kier molecular flexibility index (Phi) is 6.63. The largest absolute Gasteiger partial charge is 0.494 e. The maximum atomic E-state index is 12.3. The van der Waals surface area contributed by atoms with Crippen molar-refractivity contribution in [1.82, 2.24) is 0 Å². The zero-order chi connectivity index (χ0) is 19.8. The molecule has 2 aromatic rings. The first kappa shape index (κ1) is 19.4. The number of esters is 2. The summed E-state index contributed by atoms with van der Waals surface area (Å²) in [6.45, 7) is 2.77. The molecule has 0 bridgehead atoms. The van der Waals surface area contributed by atoms with Crippen molar-refractivity contribution >= 4 is 11.9 Å². The van der Waals surface area contributed by atoms with Gasteiger partial charge in [-0.05, 0) is 55.0 Å². The fourth-order valence-electron chi connectivity index (χ4n) is 2.54. The lowest BCUT2D eigenvalue weighted by molar-refractivity contribution is -0.135. The van der Waals surface area contributed by atoms with Crippen LogP contribution in [0.25, 0.3) is 0 Å². The maximum absolute atomic E-state index is 12.3. The lowest BCUT2D eigenvalue weighted by Crippen LogP contribution is -2.16.